The second kappa shape index (κ2) is 9.22. The maximum absolute atomic E-state index is 12.1. The summed E-state index contributed by atoms with van der Waals surface area (Å²) in [4.78, 5) is 37.0. The summed E-state index contributed by atoms with van der Waals surface area (Å²) in [6, 6.07) is 15.9. The summed E-state index contributed by atoms with van der Waals surface area (Å²) in [5.74, 6) is -0.730. The largest absolute Gasteiger partial charge is 0.484 e. The van der Waals surface area contributed by atoms with Crippen LogP contribution in [0.5, 0.6) is 5.75 Å². The zero-order valence-electron chi connectivity index (χ0n) is 14.7. The van der Waals surface area contributed by atoms with Crippen LogP contribution in [0.1, 0.15) is 15.9 Å². The SMILES string of the molecule is Cc1cccc(OCC(=O)NNC(=O)CN(C)C(=O)c2ccccc2)c1. The lowest BCUT2D eigenvalue weighted by Crippen LogP contribution is -2.48. The summed E-state index contributed by atoms with van der Waals surface area (Å²) in [7, 11) is 1.51. The molecule has 0 spiro atoms. The molecule has 2 aromatic rings. The van der Waals surface area contributed by atoms with Gasteiger partial charge in [0.1, 0.15) is 12.3 Å². The smallest absolute Gasteiger partial charge is 0.276 e. The molecule has 0 aliphatic carbocycles. The third-order valence-corrected chi connectivity index (χ3v) is 3.45. The molecule has 0 aromatic heterocycles. The number of likely N-dealkylation sites (N-methyl/N-ethyl adjacent to an activating group) is 1. The number of amides is 3. The van der Waals surface area contributed by atoms with Crippen molar-refractivity contribution < 1.29 is 19.1 Å². The van der Waals surface area contributed by atoms with Gasteiger partial charge < -0.3 is 9.64 Å². The van der Waals surface area contributed by atoms with Crippen LogP contribution in [-0.2, 0) is 9.59 Å². The van der Waals surface area contributed by atoms with Crippen LogP contribution >= 0.6 is 0 Å². The highest BCUT2D eigenvalue weighted by atomic mass is 16.5. The van der Waals surface area contributed by atoms with Gasteiger partial charge in [-0.05, 0) is 36.8 Å². The van der Waals surface area contributed by atoms with E-state index >= 15 is 0 Å². The normalized spacial score (nSPS) is 9.92. The topological polar surface area (TPSA) is 87.7 Å². The summed E-state index contributed by atoms with van der Waals surface area (Å²) in [6.07, 6.45) is 0. The number of nitrogens with one attached hydrogen (secondary N) is 2. The first-order chi connectivity index (χ1) is 12.5. The number of aryl methyl sites for hydroxylation is 1. The number of carbonyl (C=O) groups is 3. The van der Waals surface area contributed by atoms with Crippen molar-refractivity contribution in [1.82, 2.24) is 15.8 Å². The fraction of sp³-hybridized carbons (Fsp3) is 0.211. The molecule has 136 valence electrons. The Morgan fingerprint density at radius 3 is 2.35 bits per heavy atom. The number of benzene rings is 2. The van der Waals surface area contributed by atoms with Crippen LogP contribution in [-0.4, -0.2) is 42.8 Å². The summed E-state index contributed by atoms with van der Waals surface area (Å²) >= 11 is 0. The lowest BCUT2D eigenvalue weighted by atomic mass is 10.2. The number of rotatable bonds is 6. The van der Waals surface area contributed by atoms with Gasteiger partial charge in [0.25, 0.3) is 17.7 Å². The molecule has 3 amide bonds. The first-order valence-corrected chi connectivity index (χ1v) is 8.03. The summed E-state index contributed by atoms with van der Waals surface area (Å²) in [5, 5.41) is 0. The Morgan fingerprint density at radius 1 is 0.962 bits per heavy atom. The van der Waals surface area contributed by atoms with Gasteiger partial charge in [0.2, 0.25) is 0 Å². The first kappa shape index (κ1) is 19.0. The highest BCUT2D eigenvalue weighted by molar-refractivity contribution is 5.96. The molecular weight excluding hydrogens is 334 g/mol. The number of carbonyl (C=O) groups excluding carboxylic acids is 3. The standard InChI is InChI=1S/C19H21N3O4/c1-14-7-6-10-16(11-14)26-13-18(24)21-20-17(23)12-22(2)19(25)15-8-4-3-5-9-15/h3-11H,12-13H2,1-2H3,(H,20,23)(H,21,24). The molecule has 0 bridgehead atoms. The van der Waals surface area contributed by atoms with Crippen LogP contribution in [0.3, 0.4) is 0 Å². The van der Waals surface area contributed by atoms with Gasteiger partial charge in [0, 0.05) is 12.6 Å². The molecule has 0 unspecified atom stereocenters. The van der Waals surface area contributed by atoms with Gasteiger partial charge in [0.15, 0.2) is 6.61 Å². The predicted octanol–water partition coefficient (Wildman–Crippen LogP) is 1.29. The number of hydrogen-bond donors (Lipinski definition) is 2. The number of ether oxygens (including phenoxy) is 1. The molecular formula is C19H21N3O4. The third-order valence-electron chi connectivity index (χ3n) is 3.45. The molecule has 0 aliphatic heterocycles. The number of hydrogen-bond acceptors (Lipinski definition) is 4. The predicted molar refractivity (Wildman–Crippen MR) is 96.4 cm³/mol. The molecule has 0 aliphatic rings. The van der Waals surface area contributed by atoms with Crippen molar-refractivity contribution >= 4 is 17.7 Å². The average Bonchev–Trinajstić information content (AvgIpc) is 2.64. The molecule has 0 radical (unpaired) electrons. The number of nitrogens with zero attached hydrogens (tertiary/aromatic N) is 1. The van der Waals surface area contributed by atoms with E-state index in [0.717, 1.165) is 5.56 Å². The van der Waals surface area contributed by atoms with Crippen LogP contribution in [0.25, 0.3) is 0 Å². The van der Waals surface area contributed by atoms with E-state index in [9.17, 15) is 14.4 Å². The highest BCUT2D eigenvalue weighted by Crippen LogP contribution is 2.11. The maximum Gasteiger partial charge on any atom is 0.276 e. The average molecular weight is 355 g/mol. The summed E-state index contributed by atoms with van der Waals surface area (Å²) < 4.78 is 5.33. The minimum absolute atomic E-state index is 0.188. The van der Waals surface area contributed by atoms with E-state index in [1.54, 1.807) is 42.5 Å². The number of hydrazine groups is 1. The molecule has 2 N–H and O–H groups in total. The molecule has 2 aromatic carbocycles. The van der Waals surface area contributed by atoms with E-state index in [1.165, 1.54) is 11.9 Å². The molecule has 0 saturated carbocycles. The summed E-state index contributed by atoms with van der Waals surface area (Å²) in [5.41, 5.74) is 6.01. The molecule has 2 rings (SSSR count). The van der Waals surface area contributed by atoms with Gasteiger partial charge in [-0.1, -0.05) is 30.3 Å². The Hall–Kier alpha value is -3.35. The quantitative estimate of drug-likeness (QED) is 0.765. The van der Waals surface area contributed by atoms with Crippen molar-refractivity contribution in [2.24, 2.45) is 0 Å². The van der Waals surface area contributed by atoms with E-state index in [-0.39, 0.29) is 19.1 Å². The monoisotopic (exact) mass is 355 g/mol. The van der Waals surface area contributed by atoms with Crippen molar-refractivity contribution in [2.75, 3.05) is 20.2 Å². The zero-order valence-corrected chi connectivity index (χ0v) is 14.7. The van der Waals surface area contributed by atoms with Crippen LogP contribution in [0.15, 0.2) is 54.6 Å². The fourth-order valence-electron chi connectivity index (χ4n) is 2.16. The lowest BCUT2D eigenvalue weighted by Gasteiger charge is -2.17. The van der Waals surface area contributed by atoms with Gasteiger partial charge >= 0.3 is 0 Å². The Labute approximate surface area is 151 Å². The molecule has 26 heavy (non-hydrogen) atoms. The van der Waals surface area contributed by atoms with Gasteiger partial charge in [-0.2, -0.15) is 0 Å². The van der Waals surface area contributed by atoms with Crippen LogP contribution in [0, 0.1) is 6.92 Å². The van der Waals surface area contributed by atoms with Crippen molar-refractivity contribution in [2.45, 2.75) is 6.92 Å². The molecule has 0 heterocycles. The lowest BCUT2D eigenvalue weighted by molar-refractivity contribution is -0.130. The Bertz CT molecular complexity index is 777. The highest BCUT2D eigenvalue weighted by Gasteiger charge is 2.15. The van der Waals surface area contributed by atoms with Gasteiger partial charge in [-0.25, -0.2) is 0 Å². The van der Waals surface area contributed by atoms with Gasteiger partial charge in [-0.15, -0.1) is 0 Å². The van der Waals surface area contributed by atoms with Crippen LogP contribution in [0.4, 0.5) is 0 Å². The zero-order chi connectivity index (χ0) is 18.9. The maximum atomic E-state index is 12.1. The summed E-state index contributed by atoms with van der Waals surface area (Å²) in [6.45, 7) is 1.50. The van der Waals surface area contributed by atoms with E-state index in [1.807, 2.05) is 19.1 Å². The van der Waals surface area contributed by atoms with Crippen molar-refractivity contribution in [3.05, 3.63) is 65.7 Å². The fourth-order valence-corrected chi connectivity index (χ4v) is 2.16. The minimum Gasteiger partial charge on any atom is -0.484 e. The van der Waals surface area contributed by atoms with Crippen molar-refractivity contribution in [3.63, 3.8) is 0 Å². The van der Waals surface area contributed by atoms with Crippen LogP contribution < -0.4 is 15.6 Å². The van der Waals surface area contributed by atoms with Crippen molar-refractivity contribution in [1.29, 1.82) is 0 Å². The first-order valence-electron chi connectivity index (χ1n) is 8.03. The molecule has 0 fully saturated rings. The Balaban J connectivity index is 1.72. The minimum atomic E-state index is -0.513. The van der Waals surface area contributed by atoms with E-state index < -0.39 is 11.8 Å². The van der Waals surface area contributed by atoms with E-state index in [4.69, 9.17) is 4.74 Å². The van der Waals surface area contributed by atoms with E-state index in [0.29, 0.717) is 11.3 Å². The molecule has 7 heteroatoms. The second-order valence-corrected chi connectivity index (χ2v) is 5.73. The Morgan fingerprint density at radius 2 is 1.65 bits per heavy atom. The van der Waals surface area contributed by atoms with Crippen molar-refractivity contribution in [3.8, 4) is 5.75 Å². The third kappa shape index (κ3) is 5.94. The molecule has 0 saturated heterocycles. The Kier molecular flexibility index (Phi) is 6.73. The van der Waals surface area contributed by atoms with Gasteiger partial charge in [-0.3, -0.25) is 25.2 Å². The van der Waals surface area contributed by atoms with Gasteiger partial charge in [0.05, 0.1) is 0 Å². The van der Waals surface area contributed by atoms with E-state index in [2.05, 4.69) is 10.9 Å². The molecule has 0 atom stereocenters. The van der Waals surface area contributed by atoms with Crippen LogP contribution in [0.2, 0.25) is 0 Å². The second-order valence-electron chi connectivity index (χ2n) is 5.73. The molecule has 7 nitrogen and oxygen atoms in total.